The van der Waals surface area contributed by atoms with E-state index in [9.17, 15) is 9.59 Å². The van der Waals surface area contributed by atoms with Crippen LogP contribution in [-0.2, 0) is 20.6 Å². The first-order chi connectivity index (χ1) is 17.1. The molecule has 6 nitrogen and oxygen atoms in total. The van der Waals surface area contributed by atoms with E-state index < -0.39 is 20.3 Å². The number of hydrogen-bond donors (Lipinski definition) is 0. The molecule has 1 unspecified atom stereocenters. The van der Waals surface area contributed by atoms with Gasteiger partial charge in [0, 0.05) is 11.8 Å². The third kappa shape index (κ3) is 5.31. The van der Waals surface area contributed by atoms with E-state index in [4.69, 9.17) is 9.16 Å². The van der Waals surface area contributed by atoms with Crippen molar-refractivity contribution in [3.8, 4) is 0 Å². The summed E-state index contributed by atoms with van der Waals surface area (Å²) in [7, 11) is -2.33. The summed E-state index contributed by atoms with van der Waals surface area (Å²) in [5.74, 6) is -0.0898. The second-order valence-electron chi connectivity index (χ2n) is 10.5. The summed E-state index contributed by atoms with van der Waals surface area (Å²) in [5, 5.41) is 3.36. The largest absolute Gasteiger partial charge is 0.545 e. The van der Waals surface area contributed by atoms with Gasteiger partial charge in [0.25, 0.3) is 5.91 Å². The van der Waals surface area contributed by atoms with Gasteiger partial charge in [-0.25, -0.2) is 9.80 Å². The molecule has 0 saturated carbocycles. The summed E-state index contributed by atoms with van der Waals surface area (Å²) in [6.45, 7) is 11.0. The Morgan fingerprint density at radius 3 is 2.25 bits per heavy atom. The van der Waals surface area contributed by atoms with E-state index in [2.05, 4.69) is 33.9 Å². The number of amides is 1. The van der Waals surface area contributed by atoms with Gasteiger partial charge >= 0.3 is 5.97 Å². The Morgan fingerprint density at radius 2 is 1.61 bits per heavy atom. The van der Waals surface area contributed by atoms with Gasteiger partial charge in [-0.05, 0) is 41.9 Å². The van der Waals surface area contributed by atoms with Gasteiger partial charge in [0.1, 0.15) is 24.0 Å². The van der Waals surface area contributed by atoms with Crippen LogP contribution in [0.1, 0.15) is 36.7 Å². The lowest BCUT2D eigenvalue weighted by molar-refractivity contribution is -0.142. The van der Waals surface area contributed by atoms with Crippen LogP contribution >= 0.6 is 0 Å². The van der Waals surface area contributed by atoms with Crippen LogP contribution in [0.15, 0.2) is 96.4 Å². The Kier molecular flexibility index (Phi) is 7.22. The smallest absolute Gasteiger partial charge is 0.340 e. The van der Waals surface area contributed by atoms with Gasteiger partial charge < -0.3 is 9.16 Å². The van der Waals surface area contributed by atoms with E-state index in [0.29, 0.717) is 16.9 Å². The van der Waals surface area contributed by atoms with Crippen LogP contribution in [0.4, 0.5) is 0 Å². The number of benzene rings is 2. The second-order valence-corrected chi connectivity index (χ2v) is 15.3. The van der Waals surface area contributed by atoms with Crippen molar-refractivity contribution in [2.75, 3.05) is 6.54 Å². The Hall–Kier alpha value is -3.58. The molecule has 7 heteroatoms. The maximum absolute atomic E-state index is 13.6. The van der Waals surface area contributed by atoms with E-state index in [1.807, 2.05) is 73.0 Å². The van der Waals surface area contributed by atoms with Gasteiger partial charge in [-0.3, -0.25) is 9.80 Å². The van der Waals surface area contributed by atoms with Gasteiger partial charge in [-0.15, -0.1) is 0 Å². The molecule has 0 aliphatic carbocycles. The molecule has 2 aliphatic heterocycles. The van der Waals surface area contributed by atoms with Crippen LogP contribution in [-0.4, -0.2) is 42.8 Å². The van der Waals surface area contributed by atoms with Gasteiger partial charge in [0.05, 0.1) is 6.54 Å². The number of hydrazine groups is 1. The minimum Gasteiger partial charge on any atom is -0.545 e. The Bertz CT molecular complexity index is 1200. The van der Waals surface area contributed by atoms with E-state index in [-0.39, 0.29) is 24.1 Å². The quantitative estimate of drug-likeness (QED) is 0.367. The number of esters is 1. The monoisotopic (exact) mass is 502 g/mol. The molecule has 2 aromatic rings. The molecule has 0 N–H and O–H groups in total. The van der Waals surface area contributed by atoms with Crippen molar-refractivity contribution in [2.45, 2.75) is 51.6 Å². The molecular formula is C29H34N2O4Si. The number of rotatable bonds is 6. The van der Waals surface area contributed by atoms with Crippen LogP contribution in [0, 0.1) is 0 Å². The number of fused-ring (bicyclic) bond motifs is 1. The van der Waals surface area contributed by atoms with Crippen molar-refractivity contribution < 1.29 is 18.8 Å². The lowest BCUT2D eigenvalue weighted by Gasteiger charge is -2.47. The first-order valence-corrected chi connectivity index (χ1v) is 15.1. The summed E-state index contributed by atoms with van der Waals surface area (Å²) >= 11 is 0. The number of ether oxygens (including phenoxy) is 1. The first-order valence-electron chi connectivity index (χ1n) is 12.2. The molecule has 4 rings (SSSR count). The second kappa shape index (κ2) is 10.2. The van der Waals surface area contributed by atoms with Crippen molar-refractivity contribution in [1.29, 1.82) is 0 Å². The average molecular weight is 503 g/mol. The molecule has 0 saturated heterocycles. The van der Waals surface area contributed by atoms with E-state index in [0.717, 1.165) is 5.56 Å². The molecule has 1 atom stereocenters. The lowest BCUT2D eigenvalue weighted by Crippen LogP contribution is -2.56. The normalized spacial score (nSPS) is 17.6. The third-order valence-electron chi connectivity index (χ3n) is 6.97. The van der Waals surface area contributed by atoms with Crippen LogP contribution in [0.2, 0.25) is 18.1 Å². The predicted molar refractivity (Wildman–Crippen MR) is 143 cm³/mol. The molecule has 0 radical (unpaired) electrons. The number of carbonyl (C=O) groups is 2. The standard InChI is InChI=1S/C29H34N2O4Si/c1-29(2,3)36(4,5)35-25-20-31(27(32)23-16-10-7-11-17-23)30-19-13-12-18-24(30)26(25)28(33)34-21-22-14-8-6-9-15-22/h6-19,24H,20-21H2,1-5H3. The third-order valence-corrected chi connectivity index (χ3v) is 11.3. The minimum absolute atomic E-state index is 0.0905. The van der Waals surface area contributed by atoms with Crippen LogP contribution in [0.25, 0.3) is 0 Å². The zero-order chi connectivity index (χ0) is 25.9. The molecule has 2 aliphatic rings. The molecule has 1 amide bonds. The van der Waals surface area contributed by atoms with E-state index >= 15 is 0 Å². The lowest BCUT2D eigenvalue weighted by atomic mass is 10.00. The summed E-state index contributed by atoms with van der Waals surface area (Å²) in [5.41, 5.74) is 1.92. The van der Waals surface area contributed by atoms with E-state index in [1.165, 1.54) is 0 Å². The maximum atomic E-state index is 13.6. The average Bonchev–Trinajstić information content (AvgIpc) is 2.86. The highest BCUT2D eigenvalue weighted by atomic mass is 28.4. The minimum atomic E-state index is -2.33. The molecule has 188 valence electrons. The molecular weight excluding hydrogens is 468 g/mol. The van der Waals surface area contributed by atoms with Gasteiger partial charge in [0.2, 0.25) is 8.32 Å². The van der Waals surface area contributed by atoms with E-state index in [1.54, 1.807) is 22.2 Å². The van der Waals surface area contributed by atoms with Crippen molar-refractivity contribution in [1.82, 2.24) is 10.0 Å². The zero-order valence-corrected chi connectivity index (χ0v) is 22.6. The van der Waals surface area contributed by atoms with Crippen molar-refractivity contribution in [3.05, 3.63) is 108 Å². The van der Waals surface area contributed by atoms with Gasteiger partial charge in [0.15, 0.2) is 0 Å². The summed E-state index contributed by atoms with van der Waals surface area (Å²) in [6, 6.07) is 18.2. The predicted octanol–water partition coefficient (Wildman–Crippen LogP) is 5.83. The Balaban J connectivity index is 1.74. The van der Waals surface area contributed by atoms with Crippen LogP contribution < -0.4 is 0 Å². The molecule has 0 fully saturated rings. The Morgan fingerprint density at radius 1 is 0.972 bits per heavy atom. The summed E-state index contributed by atoms with van der Waals surface area (Å²) in [6.07, 6.45) is 7.46. The van der Waals surface area contributed by atoms with Crippen molar-refractivity contribution in [3.63, 3.8) is 0 Å². The fourth-order valence-corrected chi connectivity index (χ4v) is 5.00. The molecule has 0 bridgehead atoms. The van der Waals surface area contributed by atoms with Gasteiger partial charge in [-0.1, -0.05) is 81.5 Å². The van der Waals surface area contributed by atoms with Crippen molar-refractivity contribution >= 4 is 20.2 Å². The molecule has 2 aromatic carbocycles. The number of nitrogens with zero attached hydrogens (tertiary/aromatic N) is 2. The number of allylic oxidation sites excluding steroid dienone is 2. The highest BCUT2D eigenvalue weighted by Gasteiger charge is 2.45. The van der Waals surface area contributed by atoms with Gasteiger partial charge in [-0.2, -0.15) is 0 Å². The van der Waals surface area contributed by atoms with Crippen molar-refractivity contribution in [2.24, 2.45) is 0 Å². The fraction of sp³-hybridized carbons (Fsp3) is 0.310. The maximum Gasteiger partial charge on any atom is 0.340 e. The summed E-state index contributed by atoms with van der Waals surface area (Å²) < 4.78 is 12.5. The number of hydrogen-bond acceptors (Lipinski definition) is 5. The number of carbonyl (C=O) groups excluding carboxylic acids is 2. The topological polar surface area (TPSA) is 59.1 Å². The fourth-order valence-electron chi connectivity index (χ4n) is 3.91. The highest BCUT2D eigenvalue weighted by Crippen LogP contribution is 2.40. The summed E-state index contributed by atoms with van der Waals surface area (Å²) in [4.78, 5) is 27.2. The molecule has 36 heavy (non-hydrogen) atoms. The zero-order valence-electron chi connectivity index (χ0n) is 21.6. The van der Waals surface area contributed by atoms with Crippen LogP contribution in [0.3, 0.4) is 0 Å². The van der Waals surface area contributed by atoms with Crippen LogP contribution in [0.5, 0.6) is 0 Å². The Labute approximate surface area is 214 Å². The SMILES string of the molecule is CC(C)(C)[Si](C)(C)OC1=C(C(=O)OCc2ccccc2)C2C=CC=CN2N(C(=O)c2ccccc2)C1. The molecule has 0 spiro atoms. The molecule has 2 heterocycles. The highest BCUT2D eigenvalue weighted by molar-refractivity contribution is 6.74. The molecule has 0 aromatic heterocycles. The first kappa shape index (κ1) is 25.5.